The van der Waals surface area contributed by atoms with E-state index in [0.717, 1.165) is 22.4 Å². The van der Waals surface area contributed by atoms with Crippen LogP contribution >= 0.6 is 23.1 Å². The molecule has 0 aliphatic heterocycles. The Kier molecular flexibility index (Phi) is 8.14. The molecule has 1 amide bonds. The number of hydrogen-bond acceptors (Lipinski definition) is 9. The molecule has 0 saturated heterocycles. The van der Waals surface area contributed by atoms with Gasteiger partial charge in [-0.05, 0) is 25.1 Å². The second kappa shape index (κ2) is 12.1. The topological polar surface area (TPSA) is 99.1 Å². The lowest BCUT2D eigenvalue weighted by Gasteiger charge is -2.12. The summed E-state index contributed by atoms with van der Waals surface area (Å²) in [4.78, 5) is 22.4. The molecule has 1 N–H and O–H groups in total. The van der Waals surface area contributed by atoms with Gasteiger partial charge in [0.25, 0.3) is 0 Å². The fourth-order valence-corrected chi connectivity index (χ4v) is 5.26. The Morgan fingerprint density at radius 3 is 2.15 bits per heavy atom. The summed E-state index contributed by atoms with van der Waals surface area (Å²) in [6, 6.07) is 25.2. The second-order valence-electron chi connectivity index (χ2n) is 8.38. The Morgan fingerprint density at radius 1 is 0.821 bits per heavy atom. The van der Waals surface area contributed by atoms with Crippen molar-refractivity contribution >= 4 is 34.1 Å². The van der Waals surface area contributed by atoms with E-state index in [1.54, 1.807) is 21.1 Å². The van der Waals surface area contributed by atoms with Crippen molar-refractivity contribution in [1.82, 2.24) is 20.2 Å². The fraction of sp³-hybridized carbons (Fsp3) is 0.138. The van der Waals surface area contributed by atoms with Crippen molar-refractivity contribution in [3.63, 3.8) is 0 Å². The van der Waals surface area contributed by atoms with E-state index in [2.05, 4.69) is 20.5 Å². The first-order valence-corrected chi connectivity index (χ1v) is 13.8. The van der Waals surface area contributed by atoms with Crippen LogP contribution in [0.2, 0.25) is 0 Å². The van der Waals surface area contributed by atoms with Crippen LogP contribution < -0.4 is 14.8 Å². The minimum absolute atomic E-state index is 0.204. The van der Waals surface area contributed by atoms with E-state index in [1.807, 2.05) is 84.2 Å². The molecule has 2 heterocycles. The number of anilines is 1. The predicted octanol–water partition coefficient (Wildman–Crippen LogP) is 6.47. The third kappa shape index (κ3) is 6.08. The van der Waals surface area contributed by atoms with Gasteiger partial charge in [-0.15, -0.1) is 21.5 Å². The zero-order valence-corrected chi connectivity index (χ0v) is 23.1. The van der Waals surface area contributed by atoms with Gasteiger partial charge in [0.1, 0.15) is 11.4 Å². The zero-order valence-electron chi connectivity index (χ0n) is 21.5. The summed E-state index contributed by atoms with van der Waals surface area (Å²) in [5.74, 6) is 1.05. The number of thioether (sulfide) groups is 1. The molecule has 2 aromatic heterocycles. The summed E-state index contributed by atoms with van der Waals surface area (Å²) in [7, 11) is 3.18. The van der Waals surface area contributed by atoms with E-state index in [9.17, 15) is 4.79 Å². The summed E-state index contributed by atoms with van der Waals surface area (Å²) in [6.45, 7) is 1.81. The van der Waals surface area contributed by atoms with Gasteiger partial charge in [0.2, 0.25) is 11.1 Å². The van der Waals surface area contributed by atoms with Crippen molar-refractivity contribution in [1.29, 1.82) is 0 Å². The van der Waals surface area contributed by atoms with Gasteiger partial charge in [-0.3, -0.25) is 4.79 Å². The van der Waals surface area contributed by atoms with Gasteiger partial charge in [-0.1, -0.05) is 72.4 Å². The average molecular weight is 556 g/mol. The molecule has 0 fully saturated rings. The molecular formula is C29H25N5O3S2. The molecule has 0 saturated carbocycles. The summed E-state index contributed by atoms with van der Waals surface area (Å²) >= 11 is 2.60. The Labute approximate surface area is 234 Å². The van der Waals surface area contributed by atoms with Crippen molar-refractivity contribution < 1.29 is 14.3 Å². The van der Waals surface area contributed by atoms with Gasteiger partial charge < -0.3 is 14.8 Å². The van der Waals surface area contributed by atoms with Crippen LogP contribution in [0.5, 0.6) is 11.5 Å². The molecule has 1 unspecified atom stereocenters. The highest BCUT2D eigenvalue weighted by Gasteiger charge is 2.20. The molecule has 0 bridgehead atoms. The maximum Gasteiger partial charge on any atom is 0.239 e. The van der Waals surface area contributed by atoms with Gasteiger partial charge in [-0.25, -0.2) is 9.97 Å². The number of benzene rings is 3. The number of aromatic nitrogens is 4. The fourth-order valence-electron chi connectivity index (χ4n) is 3.83. The number of amides is 1. The van der Waals surface area contributed by atoms with Crippen molar-refractivity contribution in [2.45, 2.75) is 17.3 Å². The molecule has 1 atom stereocenters. The summed E-state index contributed by atoms with van der Waals surface area (Å²) in [5.41, 5.74) is 4.84. The highest BCUT2D eigenvalue weighted by molar-refractivity contribution is 8.00. The van der Waals surface area contributed by atoms with Crippen LogP contribution in [0.1, 0.15) is 6.92 Å². The van der Waals surface area contributed by atoms with Gasteiger partial charge in [0.15, 0.2) is 16.6 Å². The molecule has 5 rings (SSSR count). The molecule has 5 aromatic rings. The number of methoxy groups -OCH3 is 2. The van der Waals surface area contributed by atoms with Crippen molar-refractivity contribution in [3.8, 4) is 45.3 Å². The van der Waals surface area contributed by atoms with Crippen molar-refractivity contribution in [2.24, 2.45) is 0 Å². The number of thiazole rings is 1. The zero-order chi connectivity index (χ0) is 27.2. The third-order valence-corrected chi connectivity index (χ3v) is 7.54. The third-order valence-electron chi connectivity index (χ3n) is 5.83. The number of nitrogens with zero attached hydrogens (tertiary/aromatic N) is 4. The van der Waals surface area contributed by atoms with Crippen molar-refractivity contribution in [2.75, 3.05) is 19.5 Å². The first-order chi connectivity index (χ1) is 19.1. The first kappa shape index (κ1) is 26.3. The van der Waals surface area contributed by atoms with E-state index in [4.69, 9.17) is 14.5 Å². The number of hydrogen-bond donors (Lipinski definition) is 1. The summed E-state index contributed by atoms with van der Waals surface area (Å²) in [6.07, 6.45) is 0. The van der Waals surface area contributed by atoms with Crippen LogP contribution in [0.25, 0.3) is 33.8 Å². The monoisotopic (exact) mass is 555 g/mol. The maximum absolute atomic E-state index is 13.0. The Hall–Kier alpha value is -4.28. The lowest BCUT2D eigenvalue weighted by atomic mass is 10.0. The molecule has 0 aliphatic carbocycles. The van der Waals surface area contributed by atoms with Gasteiger partial charge in [-0.2, -0.15) is 0 Å². The minimum Gasteiger partial charge on any atom is -0.493 e. The van der Waals surface area contributed by atoms with Gasteiger partial charge in [0, 0.05) is 22.1 Å². The molecule has 0 aliphatic rings. The van der Waals surface area contributed by atoms with Crippen LogP contribution in [0.15, 0.2) is 89.4 Å². The molecule has 196 valence electrons. The van der Waals surface area contributed by atoms with Gasteiger partial charge in [0.05, 0.1) is 25.2 Å². The molecule has 0 radical (unpaired) electrons. The smallest absolute Gasteiger partial charge is 0.239 e. The highest BCUT2D eigenvalue weighted by Crippen LogP contribution is 2.34. The summed E-state index contributed by atoms with van der Waals surface area (Å²) < 4.78 is 10.7. The number of nitrogens with one attached hydrogen (secondary N) is 1. The largest absolute Gasteiger partial charge is 0.493 e. The Bertz CT molecular complexity index is 1580. The lowest BCUT2D eigenvalue weighted by Crippen LogP contribution is -2.22. The van der Waals surface area contributed by atoms with E-state index >= 15 is 0 Å². The Morgan fingerprint density at radius 2 is 1.49 bits per heavy atom. The van der Waals surface area contributed by atoms with E-state index < -0.39 is 5.25 Å². The average Bonchev–Trinajstić information content (AvgIpc) is 3.46. The second-order valence-corrected chi connectivity index (χ2v) is 10.5. The number of ether oxygens (including phenoxy) is 2. The molecule has 39 heavy (non-hydrogen) atoms. The lowest BCUT2D eigenvalue weighted by molar-refractivity contribution is -0.115. The molecule has 10 heteroatoms. The normalized spacial score (nSPS) is 11.6. The van der Waals surface area contributed by atoms with Crippen LogP contribution in [0.3, 0.4) is 0 Å². The van der Waals surface area contributed by atoms with Gasteiger partial charge >= 0.3 is 0 Å². The van der Waals surface area contributed by atoms with Crippen LogP contribution in [0.4, 0.5) is 5.13 Å². The Balaban J connectivity index is 1.32. The van der Waals surface area contributed by atoms with E-state index in [-0.39, 0.29) is 5.91 Å². The van der Waals surface area contributed by atoms with Crippen LogP contribution in [-0.2, 0) is 4.79 Å². The molecule has 0 spiro atoms. The van der Waals surface area contributed by atoms with Crippen molar-refractivity contribution in [3.05, 3.63) is 84.2 Å². The molecule has 8 nitrogen and oxygen atoms in total. The number of carbonyl (C=O) groups excluding carboxylic acids is 1. The predicted molar refractivity (Wildman–Crippen MR) is 155 cm³/mol. The first-order valence-electron chi connectivity index (χ1n) is 12.1. The number of carbonyl (C=O) groups is 1. The van der Waals surface area contributed by atoms with Crippen LogP contribution in [-0.4, -0.2) is 45.5 Å². The highest BCUT2D eigenvalue weighted by atomic mass is 32.2. The van der Waals surface area contributed by atoms with E-state index in [1.165, 1.54) is 23.1 Å². The molecule has 3 aromatic carbocycles. The SMILES string of the molecule is COc1ccc(-c2csc(NC(=O)C(C)Sc3nnc(-c4ccccc4)c(-c4ccccc4)n3)n2)cc1OC. The van der Waals surface area contributed by atoms with E-state index in [0.29, 0.717) is 33.2 Å². The van der Waals surface area contributed by atoms with Crippen LogP contribution in [0, 0.1) is 0 Å². The summed E-state index contributed by atoms with van der Waals surface area (Å²) in [5, 5.41) is 14.0. The maximum atomic E-state index is 13.0. The minimum atomic E-state index is -0.480. The quantitative estimate of drug-likeness (QED) is 0.207. The standard InChI is InChI=1S/C29H25N5O3S2/c1-18(27(35)32-28-30-22(17-38-28)21-14-15-23(36-2)24(16-21)37-3)39-29-31-25(19-10-6-4-7-11-19)26(33-34-29)20-12-8-5-9-13-20/h4-18H,1-3H3,(H,30,32,35). The molecular weight excluding hydrogens is 530 g/mol. The number of rotatable bonds is 9.